The summed E-state index contributed by atoms with van der Waals surface area (Å²) in [5.74, 6) is 0.371. The number of nitrogens with one attached hydrogen (secondary N) is 2. The summed E-state index contributed by atoms with van der Waals surface area (Å²) in [5, 5.41) is 6.27. The molecule has 2 rings (SSSR count). The fraction of sp³-hybridized carbons (Fsp3) is 0.143. The van der Waals surface area contributed by atoms with Gasteiger partial charge in [-0.25, -0.2) is 4.98 Å². The molecule has 0 spiro atoms. The molecule has 1 amide bonds. The number of aromatic nitrogens is 1. The summed E-state index contributed by atoms with van der Waals surface area (Å²) >= 11 is 9.38. The predicted octanol–water partition coefficient (Wildman–Crippen LogP) is 4.18. The molecule has 6 heteroatoms. The molecular weight excluding hydrogens is 342 g/mol. The number of halogens is 2. The maximum atomic E-state index is 12.1. The summed E-state index contributed by atoms with van der Waals surface area (Å²) in [6, 6.07) is 10.5. The van der Waals surface area contributed by atoms with E-state index in [4.69, 9.17) is 11.6 Å². The molecule has 1 heterocycles. The van der Waals surface area contributed by atoms with Gasteiger partial charge >= 0.3 is 0 Å². The third-order valence-electron chi connectivity index (χ3n) is 2.52. The van der Waals surface area contributed by atoms with Gasteiger partial charge in [-0.2, -0.15) is 0 Å². The number of rotatable bonds is 4. The van der Waals surface area contributed by atoms with Crippen LogP contribution in [0.4, 0.5) is 11.5 Å². The van der Waals surface area contributed by atoms with Crippen LogP contribution in [0, 0.1) is 0 Å². The van der Waals surface area contributed by atoms with Gasteiger partial charge in [0.15, 0.2) is 0 Å². The number of benzene rings is 1. The Labute approximate surface area is 130 Å². The van der Waals surface area contributed by atoms with Gasteiger partial charge in [0, 0.05) is 11.0 Å². The molecule has 2 N–H and O–H groups in total. The fourth-order valence-corrected chi connectivity index (χ4v) is 2.34. The number of nitrogens with zero attached hydrogens (tertiary/aromatic N) is 1. The van der Waals surface area contributed by atoms with E-state index in [-0.39, 0.29) is 5.91 Å². The molecule has 1 aromatic carbocycles. The number of anilines is 2. The Balaban J connectivity index is 2.17. The van der Waals surface area contributed by atoms with Gasteiger partial charge in [-0.15, -0.1) is 0 Å². The first-order valence-electron chi connectivity index (χ1n) is 6.07. The lowest BCUT2D eigenvalue weighted by Gasteiger charge is -2.08. The van der Waals surface area contributed by atoms with E-state index < -0.39 is 0 Å². The molecule has 0 bridgehead atoms. The SMILES string of the molecule is CCNc1cccc(C(=O)Nc2ccc(Br)cc2Cl)n1. The van der Waals surface area contributed by atoms with E-state index in [1.54, 1.807) is 24.3 Å². The minimum Gasteiger partial charge on any atom is -0.370 e. The highest BCUT2D eigenvalue weighted by atomic mass is 79.9. The van der Waals surface area contributed by atoms with Gasteiger partial charge in [0.1, 0.15) is 11.5 Å². The zero-order chi connectivity index (χ0) is 14.5. The highest BCUT2D eigenvalue weighted by Crippen LogP contribution is 2.26. The maximum absolute atomic E-state index is 12.1. The number of carbonyl (C=O) groups is 1. The number of hydrogen-bond acceptors (Lipinski definition) is 3. The quantitative estimate of drug-likeness (QED) is 0.866. The van der Waals surface area contributed by atoms with Crippen LogP contribution < -0.4 is 10.6 Å². The minimum atomic E-state index is -0.297. The average Bonchev–Trinajstić information content (AvgIpc) is 2.42. The van der Waals surface area contributed by atoms with Crippen molar-refractivity contribution < 1.29 is 4.79 Å². The summed E-state index contributed by atoms with van der Waals surface area (Å²) < 4.78 is 0.854. The highest BCUT2D eigenvalue weighted by Gasteiger charge is 2.10. The standard InChI is InChI=1S/C14H13BrClN3O/c1-2-17-13-5-3-4-12(18-13)14(20)19-11-7-6-9(15)8-10(11)16/h3-8H,2H2,1H3,(H,17,18)(H,19,20). The van der Waals surface area contributed by atoms with Gasteiger partial charge in [0.05, 0.1) is 10.7 Å². The van der Waals surface area contributed by atoms with Crippen molar-refractivity contribution >= 4 is 44.9 Å². The van der Waals surface area contributed by atoms with E-state index in [0.29, 0.717) is 22.2 Å². The second-order valence-corrected chi connectivity index (χ2v) is 5.34. The van der Waals surface area contributed by atoms with Crippen molar-refractivity contribution in [3.05, 3.63) is 51.6 Å². The lowest BCUT2D eigenvalue weighted by atomic mass is 10.3. The third kappa shape index (κ3) is 3.71. The Hall–Kier alpha value is -1.59. The van der Waals surface area contributed by atoms with Crippen LogP contribution in [-0.2, 0) is 0 Å². The first-order valence-corrected chi connectivity index (χ1v) is 7.24. The van der Waals surface area contributed by atoms with Crippen LogP contribution in [0.3, 0.4) is 0 Å². The van der Waals surface area contributed by atoms with Gasteiger partial charge in [0.25, 0.3) is 5.91 Å². The molecule has 0 aliphatic rings. The largest absolute Gasteiger partial charge is 0.370 e. The number of pyridine rings is 1. The molecule has 4 nitrogen and oxygen atoms in total. The molecule has 2 aromatic rings. The van der Waals surface area contributed by atoms with Crippen LogP contribution in [0.15, 0.2) is 40.9 Å². The summed E-state index contributed by atoms with van der Waals surface area (Å²) in [6.45, 7) is 2.71. The van der Waals surface area contributed by atoms with Crippen LogP contribution in [0.1, 0.15) is 17.4 Å². The van der Waals surface area contributed by atoms with E-state index in [0.717, 1.165) is 11.0 Å². The van der Waals surface area contributed by atoms with Crippen LogP contribution >= 0.6 is 27.5 Å². The Morgan fingerprint density at radius 2 is 2.15 bits per heavy atom. The second kappa shape index (κ2) is 6.72. The molecule has 0 saturated heterocycles. The van der Waals surface area contributed by atoms with Gasteiger partial charge in [0.2, 0.25) is 0 Å². The molecular formula is C14H13BrClN3O. The van der Waals surface area contributed by atoms with Crippen molar-refractivity contribution in [2.24, 2.45) is 0 Å². The minimum absolute atomic E-state index is 0.297. The first kappa shape index (κ1) is 14.8. The van der Waals surface area contributed by atoms with E-state index in [1.165, 1.54) is 0 Å². The van der Waals surface area contributed by atoms with Crippen LogP contribution in [-0.4, -0.2) is 17.4 Å². The predicted molar refractivity (Wildman–Crippen MR) is 85.5 cm³/mol. The van der Waals surface area contributed by atoms with E-state index in [1.807, 2.05) is 19.1 Å². The molecule has 0 radical (unpaired) electrons. The van der Waals surface area contributed by atoms with Crippen molar-refractivity contribution in [2.75, 3.05) is 17.2 Å². The zero-order valence-corrected chi connectivity index (χ0v) is 13.1. The molecule has 20 heavy (non-hydrogen) atoms. The highest BCUT2D eigenvalue weighted by molar-refractivity contribution is 9.10. The molecule has 0 aliphatic carbocycles. The van der Waals surface area contributed by atoms with Crippen LogP contribution in [0.5, 0.6) is 0 Å². The van der Waals surface area contributed by atoms with Crippen molar-refractivity contribution in [3.63, 3.8) is 0 Å². The Morgan fingerprint density at radius 1 is 1.35 bits per heavy atom. The summed E-state index contributed by atoms with van der Waals surface area (Å²) in [5.41, 5.74) is 0.887. The monoisotopic (exact) mass is 353 g/mol. The lowest BCUT2D eigenvalue weighted by molar-refractivity contribution is 0.102. The normalized spacial score (nSPS) is 10.2. The van der Waals surface area contributed by atoms with Crippen LogP contribution in [0.2, 0.25) is 5.02 Å². The lowest BCUT2D eigenvalue weighted by Crippen LogP contribution is -2.14. The topological polar surface area (TPSA) is 54.0 Å². The first-order chi connectivity index (χ1) is 9.60. The smallest absolute Gasteiger partial charge is 0.274 e. The Kier molecular flexibility index (Phi) is 4.98. The third-order valence-corrected chi connectivity index (χ3v) is 3.32. The molecule has 0 unspecified atom stereocenters. The Morgan fingerprint density at radius 3 is 2.85 bits per heavy atom. The summed E-state index contributed by atoms with van der Waals surface area (Å²) in [7, 11) is 0. The number of amides is 1. The van der Waals surface area contributed by atoms with E-state index in [9.17, 15) is 4.79 Å². The van der Waals surface area contributed by atoms with Gasteiger partial charge in [-0.1, -0.05) is 33.6 Å². The van der Waals surface area contributed by atoms with Crippen molar-refractivity contribution in [1.29, 1.82) is 0 Å². The van der Waals surface area contributed by atoms with Crippen LogP contribution in [0.25, 0.3) is 0 Å². The fourth-order valence-electron chi connectivity index (χ4n) is 1.62. The molecule has 104 valence electrons. The molecule has 0 saturated carbocycles. The zero-order valence-electron chi connectivity index (χ0n) is 10.8. The molecule has 0 aliphatic heterocycles. The van der Waals surface area contributed by atoms with Crippen molar-refractivity contribution in [1.82, 2.24) is 4.98 Å². The van der Waals surface area contributed by atoms with Gasteiger partial charge in [-0.3, -0.25) is 4.79 Å². The van der Waals surface area contributed by atoms with Crippen molar-refractivity contribution in [3.8, 4) is 0 Å². The second-order valence-electron chi connectivity index (χ2n) is 4.02. The number of hydrogen-bond donors (Lipinski definition) is 2. The molecule has 1 aromatic heterocycles. The summed E-state index contributed by atoms with van der Waals surface area (Å²) in [6.07, 6.45) is 0. The maximum Gasteiger partial charge on any atom is 0.274 e. The van der Waals surface area contributed by atoms with Crippen molar-refractivity contribution in [2.45, 2.75) is 6.92 Å². The number of carbonyl (C=O) groups excluding carboxylic acids is 1. The Bertz CT molecular complexity index is 634. The van der Waals surface area contributed by atoms with E-state index in [2.05, 4.69) is 31.5 Å². The molecule has 0 atom stereocenters. The van der Waals surface area contributed by atoms with Gasteiger partial charge in [-0.05, 0) is 37.3 Å². The van der Waals surface area contributed by atoms with Gasteiger partial charge < -0.3 is 10.6 Å². The summed E-state index contributed by atoms with van der Waals surface area (Å²) in [4.78, 5) is 16.4. The molecule has 0 fully saturated rings. The van der Waals surface area contributed by atoms with E-state index >= 15 is 0 Å². The average molecular weight is 355 g/mol.